The Hall–Kier alpha value is -2.68. The van der Waals surface area contributed by atoms with Crippen LogP contribution in [0.2, 0.25) is 0 Å². The van der Waals surface area contributed by atoms with Crippen molar-refractivity contribution in [1.82, 2.24) is 0 Å². The topological polar surface area (TPSA) is 84.5 Å². The molecule has 0 spiro atoms. The van der Waals surface area contributed by atoms with Crippen molar-refractivity contribution in [2.45, 2.75) is 24.6 Å². The number of nitrogens with zero attached hydrogens (tertiary/aromatic N) is 1. The number of hydrogen-bond acceptors (Lipinski definition) is 4. The highest BCUT2D eigenvalue weighted by atomic mass is 32.2. The van der Waals surface area contributed by atoms with Gasteiger partial charge in [0.1, 0.15) is 23.3 Å². The number of carbonyl (C=O) groups is 1. The number of nitrogens with two attached hydrogens (primary N) is 1. The molecule has 0 aromatic heterocycles. The number of amidine groups is 1. The summed E-state index contributed by atoms with van der Waals surface area (Å²) in [7, 11) is -1.37. The Balaban J connectivity index is 1.89. The van der Waals surface area contributed by atoms with Gasteiger partial charge < -0.3 is 11.1 Å². The highest BCUT2D eigenvalue weighted by Crippen LogP contribution is 2.32. The number of amides is 1. The molecule has 0 aliphatic carbocycles. The van der Waals surface area contributed by atoms with E-state index in [0.717, 1.165) is 18.2 Å². The minimum Gasteiger partial charge on any atom is -0.386 e. The minimum atomic E-state index is -1.37. The van der Waals surface area contributed by atoms with Gasteiger partial charge >= 0.3 is 0 Å². The molecule has 2 aromatic carbocycles. The van der Waals surface area contributed by atoms with Crippen LogP contribution in [0.5, 0.6) is 0 Å². The molecule has 1 heterocycles. The lowest BCUT2D eigenvalue weighted by Crippen LogP contribution is -2.47. The molecule has 28 heavy (non-hydrogen) atoms. The first-order valence-corrected chi connectivity index (χ1v) is 9.69. The Morgan fingerprint density at radius 2 is 1.89 bits per heavy atom. The van der Waals surface area contributed by atoms with Gasteiger partial charge in [-0.3, -0.25) is 14.0 Å². The molecule has 148 valence electrons. The third-order valence-corrected chi connectivity index (χ3v) is 6.54. The summed E-state index contributed by atoms with van der Waals surface area (Å²) in [5, 5.41) is 2.44. The van der Waals surface area contributed by atoms with Gasteiger partial charge in [-0.25, -0.2) is 13.2 Å². The second kappa shape index (κ2) is 7.38. The lowest BCUT2D eigenvalue weighted by molar-refractivity contribution is 0.102. The summed E-state index contributed by atoms with van der Waals surface area (Å²) in [5.41, 5.74) is 5.85. The highest BCUT2D eigenvalue weighted by Gasteiger charge is 2.37. The van der Waals surface area contributed by atoms with Gasteiger partial charge in [0.05, 0.1) is 22.1 Å². The van der Waals surface area contributed by atoms with Crippen LogP contribution in [0.1, 0.15) is 35.8 Å². The Morgan fingerprint density at radius 1 is 1.18 bits per heavy atom. The average molecular weight is 409 g/mol. The number of hydrogen-bond donors (Lipinski definition) is 2. The van der Waals surface area contributed by atoms with E-state index in [0.29, 0.717) is 6.07 Å². The summed E-state index contributed by atoms with van der Waals surface area (Å²) in [5.74, 6) is -2.99. The van der Waals surface area contributed by atoms with Crippen molar-refractivity contribution in [3.8, 4) is 0 Å². The van der Waals surface area contributed by atoms with E-state index >= 15 is 0 Å². The molecule has 1 amide bonds. The zero-order chi connectivity index (χ0) is 20.6. The normalized spacial score (nSPS) is 21.1. The van der Waals surface area contributed by atoms with Gasteiger partial charge in [0, 0.05) is 28.1 Å². The molecule has 0 bridgehead atoms. The Morgan fingerprint density at radius 3 is 2.54 bits per heavy atom. The molecular formula is C19H18F3N3O2S. The van der Waals surface area contributed by atoms with Gasteiger partial charge in [0.25, 0.3) is 5.91 Å². The summed E-state index contributed by atoms with van der Waals surface area (Å²) in [4.78, 5) is 16.5. The maximum absolute atomic E-state index is 14.3. The van der Waals surface area contributed by atoms with E-state index in [9.17, 15) is 22.2 Å². The largest absolute Gasteiger partial charge is 0.386 e. The van der Waals surface area contributed by atoms with Gasteiger partial charge in [0.15, 0.2) is 0 Å². The zero-order valence-electron chi connectivity index (χ0n) is 15.1. The molecule has 0 saturated heterocycles. The Bertz CT molecular complexity index is 1010. The minimum absolute atomic E-state index is 0.0780. The average Bonchev–Trinajstić information content (AvgIpc) is 2.61. The third-order valence-electron chi connectivity index (χ3n) is 4.58. The van der Waals surface area contributed by atoms with Crippen LogP contribution in [0.15, 0.2) is 41.4 Å². The van der Waals surface area contributed by atoms with Crippen LogP contribution in [0.4, 0.5) is 18.9 Å². The van der Waals surface area contributed by atoms with Crippen molar-refractivity contribution in [3.05, 3.63) is 65.0 Å². The SMILES string of the molecule is CC1(C)C(N)=NC(c2cc(NC(=O)c3ccc(F)cc3F)ccc2F)CS1=O. The summed E-state index contributed by atoms with van der Waals surface area (Å²) < 4.78 is 52.7. The van der Waals surface area contributed by atoms with Crippen LogP contribution in [0.25, 0.3) is 0 Å². The van der Waals surface area contributed by atoms with Crippen LogP contribution in [0.3, 0.4) is 0 Å². The number of halogens is 3. The van der Waals surface area contributed by atoms with Crippen molar-refractivity contribution >= 4 is 28.2 Å². The summed E-state index contributed by atoms with van der Waals surface area (Å²) in [6, 6.07) is 5.57. The van der Waals surface area contributed by atoms with E-state index in [4.69, 9.17) is 5.73 Å². The van der Waals surface area contributed by atoms with E-state index < -0.39 is 44.9 Å². The number of rotatable bonds is 3. The predicted molar refractivity (Wildman–Crippen MR) is 102 cm³/mol. The van der Waals surface area contributed by atoms with Crippen LogP contribution >= 0.6 is 0 Å². The van der Waals surface area contributed by atoms with Gasteiger partial charge in [0.2, 0.25) is 0 Å². The molecule has 9 heteroatoms. The van der Waals surface area contributed by atoms with Gasteiger partial charge in [-0.15, -0.1) is 0 Å². The van der Waals surface area contributed by atoms with Gasteiger partial charge in [-0.05, 0) is 44.2 Å². The Kier molecular flexibility index (Phi) is 5.29. The fourth-order valence-corrected chi connectivity index (χ4v) is 3.98. The number of benzene rings is 2. The van der Waals surface area contributed by atoms with Crippen molar-refractivity contribution in [2.75, 3.05) is 11.1 Å². The number of anilines is 1. The molecule has 1 aliphatic rings. The molecule has 2 aromatic rings. The summed E-state index contributed by atoms with van der Waals surface area (Å²) >= 11 is 0. The lowest BCUT2D eigenvalue weighted by Gasteiger charge is -2.31. The molecule has 3 N–H and O–H groups in total. The van der Waals surface area contributed by atoms with Crippen LogP contribution in [-0.2, 0) is 10.8 Å². The van der Waals surface area contributed by atoms with Gasteiger partial charge in [-0.1, -0.05) is 0 Å². The smallest absolute Gasteiger partial charge is 0.258 e. The van der Waals surface area contributed by atoms with E-state index in [2.05, 4.69) is 10.3 Å². The molecule has 2 atom stereocenters. The van der Waals surface area contributed by atoms with Crippen LogP contribution in [0, 0.1) is 17.5 Å². The molecule has 1 aliphatic heterocycles. The lowest BCUT2D eigenvalue weighted by atomic mass is 10.1. The fraction of sp³-hybridized carbons (Fsp3) is 0.263. The monoisotopic (exact) mass is 409 g/mol. The van der Waals surface area contributed by atoms with Crippen molar-refractivity contribution < 1.29 is 22.2 Å². The fourth-order valence-electron chi connectivity index (χ4n) is 2.74. The maximum atomic E-state index is 14.3. The van der Waals surface area contributed by atoms with Crippen molar-refractivity contribution in [3.63, 3.8) is 0 Å². The molecule has 3 rings (SSSR count). The molecule has 5 nitrogen and oxygen atoms in total. The summed E-state index contributed by atoms with van der Waals surface area (Å²) in [6.07, 6.45) is 0. The van der Waals surface area contributed by atoms with E-state index in [1.165, 1.54) is 12.1 Å². The van der Waals surface area contributed by atoms with Crippen molar-refractivity contribution in [2.24, 2.45) is 10.7 Å². The summed E-state index contributed by atoms with van der Waals surface area (Å²) in [6.45, 7) is 3.39. The van der Waals surface area contributed by atoms with Gasteiger partial charge in [-0.2, -0.15) is 0 Å². The predicted octanol–water partition coefficient (Wildman–Crippen LogP) is 3.30. The Labute approximate surface area is 162 Å². The number of carbonyl (C=O) groups excluding carboxylic acids is 1. The first-order chi connectivity index (χ1) is 13.1. The van der Waals surface area contributed by atoms with E-state index in [1.54, 1.807) is 13.8 Å². The van der Waals surface area contributed by atoms with E-state index in [1.807, 2.05) is 0 Å². The number of nitrogens with one attached hydrogen (secondary N) is 1. The second-order valence-corrected chi connectivity index (χ2v) is 8.91. The number of aliphatic imine (C=N–C) groups is 1. The molecule has 0 radical (unpaired) electrons. The highest BCUT2D eigenvalue weighted by molar-refractivity contribution is 7.87. The quantitative estimate of drug-likeness (QED) is 0.816. The molecule has 0 saturated carbocycles. The van der Waals surface area contributed by atoms with Crippen LogP contribution < -0.4 is 11.1 Å². The third kappa shape index (κ3) is 3.80. The maximum Gasteiger partial charge on any atom is 0.258 e. The first kappa shape index (κ1) is 20.1. The molecular weight excluding hydrogens is 391 g/mol. The van der Waals surface area contributed by atoms with Crippen molar-refractivity contribution in [1.29, 1.82) is 0 Å². The first-order valence-electron chi connectivity index (χ1n) is 8.37. The molecule has 0 fully saturated rings. The standard InChI is InChI=1S/C19H18F3N3O2S/c1-19(2)18(23)25-16(9-28(19)27)13-8-11(4-6-14(13)21)24-17(26)12-5-3-10(20)7-15(12)22/h3-8,16H,9H2,1-2H3,(H2,23,25)(H,24,26). The molecule has 2 unspecified atom stereocenters. The van der Waals surface area contributed by atoms with Crippen LogP contribution in [-0.4, -0.2) is 26.5 Å². The van der Waals surface area contributed by atoms with E-state index in [-0.39, 0.29) is 28.4 Å². The second-order valence-electron chi connectivity index (χ2n) is 6.87. The zero-order valence-corrected chi connectivity index (χ0v) is 15.9.